The van der Waals surface area contributed by atoms with E-state index in [1.54, 1.807) is 60.9 Å². The number of hydrogen-bond donors (Lipinski definition) is 0. The van der Waals surface area contributed by atoms with Crippen molar-refractivity contribution in [1.29, 1.82) is 0 Å². The molecule has 0 amide bonds. The van der Waals surface area contributed by atoms with Crippen LogP contribution in [0.3, 0.4) is 0 Å². The zero-order chi connectivity index (χ0) is 41.5. The molecule has 6 aromatic carbocycles. The smallest absolute Gasteiger partial charge is 0.164 e. The molecule has 0 saturated heterocycles. The Hall–Kier alpha value is -8.32. The van der Waals surface area contributed by atoms with Crippen LogP contribution >= 0.6 is 0 Å². The minimum atomic E-state index is -0.427. The summed E-state index contributed by atoms with van der Waals surface area (Å²) < 4.78 is 58.6. The van der Waals surface area contributed by atoms with Crippen LogP contribution in [-0.4, -0.2) is 44.4 Å². The van der Waals surface area contributed by atoms with Gasteiger partial charge in [0.25, 0.3) is 0 Å². The van der Waals surface area contributed by atoms with Crippen LogP contribution in [0.25, 0.3) is 96.4 Å². The lowest BCUT2D eigenvalue weighted by Crippen LogP contribution is -2.04. The molecule has 61 heavy (non-hydrogen) atoms. The fourth-order valence-electron chi connectivity index (χ4n) is 6.90. The van der Waals surface area contributed by atoms with Crippen molar-refractivity contribution in [1.82, 2.24) is 44.4 Å². The first-order chi connectivity index (χ1) is 29.8. The molecule has 13 heteroatoms. The molecule has 0 atom stereocenters. The van der Waals surface area contributed by atoms with Crippen molar-refractivity contribution >= 4 is 11.0 Å². The van der Waals surface area contributed by atoms with E-state index in [0.717, 1.165) is 16.6 Å². The lowest BCUT2D eigenvalue weighted by atomic mass is 10.1. The Morgan fingerprint density at radius 1 is 0.328 bits per heavy atom. The summed E-state index contributed by atoms with van der Waals surface area (Å²) in [6.07, 6.45) is 3.39. The number of imidazole rings is 1. The van der Waals surface area contributed by atoms with E-state index < -0.39 is 23.3 Å². The first-order valence-electron chi connectivity index (χ1n) is 18.9. The predicted molar refractivity (Wildman–Crippen MR) is 224 cm³/mol. The second kappa shape index (κ2) is 15.5. The Morgan fingerprint density at radius 2 is 0.689 bits per heavy atom. The minimum Gasteiger partial charge on any atom is -0.292 e. The molecular weight excluding hydrogens is 779 g/mol. The Balaban J connectivity index is 1.26. The van der Waals surface area contributed by atoms with E-state index in [1.165, 1.54) is 48.5 Å². The SMILES string of the molecule is Fc1ccc(-c2nc(-c3ccc(F)cc3)nc(-c3cc(-c4nc(-c5ccc(F)cc5)nc(-c5ccc(F)cc5)n4)cc(-n4c(-c5ccncc5)nc5ccccc54)c3)n2)cc1. The van der Waals surface area contributed by atoms with Gasteiger partial charge in [-0.25, -0.2) is 52.4 Å². The van der Waals surface area contributed by atoms with Crippen LogP contribution in [0.2, 0.25) is 0 Å². The Labute approximate surface area is 344 Å². The number of aromatic nitrogens is 9. The summed E-state index contributed by atoms with van der Waals surface area (Å²) in [6, 6.07) is 40.2. The zero-order valence-electron chi connectivity index (χ0n) is 31.6. The number of para-hydroxylation sites is 2. The first-order valence-corrected chi connectivity index (χ1v) is 18.9. The summed E-state index contributed by atoms with van der Waals surface area (Å²) in [5.74, 6) is 0.380. The molecule has 10 aromatic rings. The maximum Gasteiger partial charge on any atom is 0.164 e. The van der Waals surface area contributed by atoms with Gasteiger partial charge in [-0.2, -0.15) is 0 Å². The number of halogens is 4. The molecule has 0 unspecified atom stereocenters. The van der Waals surface area contributed by atoms with Crippen molar-refractivity contribution < 1.29 is 17.6 Å². The third-order valence-corrected chi connectivity index (χ3v) is 9.87. The highest BCUT2D eigenvalue weighted by atomic mass is 19.1. The topological polar surface area (TPSA) is 108 Å². The third-order valence-electron chi connectivity index (χ3n) is 9.87. The van der Waals surface area contributed by atoms with Crippen LogP contribution in [0.1, 0.15) is 0 Å². The molecule has 9 nitrogen and oxygen atoms in total. The van der Waals surface area contributed by atoms with Gasteiger partial charge >= 0.3 is 0 Å². The van der Waals surface area contributed by atoms with Gasteiger partial charge in [0.15, 0.2) is 34.9 Å². The van der Waals surface area contributed by atoms with Gasteiger partial charge < -0.3 is 0 Å². The summed E-state index contributed by atoms with van der Waals surface area (Å²) in [7, 11) is 0. The number of hydrogen-bond acceptors (Lipinski definition) is 8. The predicted octanol–water partition coefficient (Wildman–Crippen LogP) is 11.0. The molecular formula is C48H27F4N9. The van der Waals surface area contributed by atoms with E-state index in [-0.39, 0.29) is 34.9 Å². The quantitative estimate of drug-likeness (QED) is 0.140. The minimum absolute atomic E-state index is 0.234. The van der Waals surface area contributed by atoms with Crippen LogP contribution in [0.4, 0.5) is 17.6 Å². The number of rotatable bonds is 8. The number of pyridine rings is 1. The normalized spacial score (nSPS) is 11.3. The van der Waals surface area contributed by atoms with E-state index in [2.05, 4.69) is 4.98 Å². The highest BCUT2D eigenvalue weighted by Gasteiger charge is 2.21. The summed E-state index contributed by atoms with van der Waals surface area (Å²) in [6.45, 7) is 0. The molecule has 0 aliphatic carbocycles. The van der Waals surface area contributed by atoms with Crippen molar-refractivity contribution in [2.24, 2.45) is 0 Å². The second-order valence-corrected chi connectivity index (χ2v) is 13.9. The van der Waals surface area contributed by atoms with Crippen molar-refractivity contribution in [3.05, 3.63) is 187 Å². The monoisotopic (exact) mass is 805 g/mol. The van der Waals surface area contributed by atoms with Gasteiger partial charge in [0.1, 0.15) is 29.1 Å². The summed E-state index contributed by atoms with van der Waals surface area (Å²) in [4.78, 5) is 38.4. The highest BCUT2D eigenvalue weighted by molar-refractivity contribution is 5.85. The number of benzene rings is 6. The maximum atomic E-state index is 14.1. The third kappa shape index (κ3) is 7.47. The van der Waals surface area contributed by atoms with E-state index in [9.17, 15) is 17.6 Å². The lowest BCUT2D eigenvalue weighted by molar-refractivity contribution is 0.627. The average molecular weight is 806 g/mol. The van der Waals surface area contributed by atoms with E-state index in [1.807, 2.05) is 59.2 Å². The van der Waals surface area contributed by atoms with Crippen LogP contribution in [0.5, 0.6) is 0 Å². The molecule has 0 radical (unpaired) electrons. The molecule has 0 aliphatic rings. The van der Waals surface area contributed by atoms with Crippen molar-refractivity contribution in [3.8, 4) is 85.4 Å². The van der Waals surface area contributed by atoms with Gasteiger partial charge in [-0.1, -0.05) is 12.1 Å². The molecule has 10 rings (SSSR count). The molecule has 292 valence electrons. The maximum absolute atomic E-state index is 14.1. The Kier molecular flexibility index (Phi) is 9.37. The van der Waals surface area contributed by atoms with Crippen LogP contribution in [-0.2, 0) is 0 Å². The van der Waals surface area contributed by atoms with Gasteiger partial charge in [-0.15, -0.1) is 0 Å². The summed E-state index contributed by atoms with van der Waals surface area (Å²) >= 11 is 0. The van der Waals surface area contributed by atoms with Crippen LogP contribution < -0.4 is 0 Å². The largest absolute Gasteiger partial charge is 0.292 e. The molecule has 0 fully saturated rings. The Morgan fingerprint density at radius 3 is 1.08 bits per heavy atom. The number of nitrogens with zero attached hydrogens (tertiary/aromatic N) is 9. The van der Waals surface area contributed by atoms with Crippen LogP contribution in [0.15, 0.2) is 164 Å². The van der Waals surface area contributed by atoms with Gasteiger partial charge in [0.2, 0.25) is 0 Å². The molecule has 0 saturated carbocycles. The van der Waals surface area contributed by atoms with Gasteiger partial charge in [0.05, 0.1) is 11.0 Å². The fourth-order valence-corrected chi connectivity index (χ4v) is 6.90. The van der Waals surface area contributed by atoms with Crippen LogP contribution in [0, 0.1) is 23.3 Å². The second-order valence-electron chi connectivity index (χ2n) is 13.9. The summed E-state index contributed by atoms with van der Waals surface area (Å²) in [5.41, 5.74) is 6.06. The highest BCUT2D eigenvalue weighted by Crippen LogP contribution is 2.35. The molecule has 0 spiro atoms. The molecule has 0 N–H and O–H groups in total. The average Bonchev–Trinajstić information content (AvgIpc) is 3.70. The van der Waals surface area contributed by atoms with E-state index in [0.29, 0.717) is 44.9 Å². The van der Waals surface area contributed by atoms with Gasteiger partial charge in [-0.3, -0.25) is 9.55 Å². The van der Waals surface area contributed by atoms with E-state index in [4.69, 9.17) is 34.9 Å². The van der Waals surface area contributed by atoms with Crippen molar-refractivity contribution in [2.75, 3.05) is 0 Å². The van der Waals surface area contributed by atoms with E-state index >= 15 is 0 Å². The standard InChI is InChI=1S/C48H27F4N9/c49-35-13-5-28(6-14-35)42-55-43(29-7-15-36(50)16-8-29)58-46(57-42)33-25-34(27-39(26-33)61-41-4-2-1-3-40(41)54-48(61)32-21-23-53-24-22-32)47-59-44(30-9-17-37(51)18-10-30)56-45(60-47)31-11-19-38(52)20-12-31/h1-27H. The lowest BCUT2D eigenvalue weighted by Gasteiger charge is -2.15. The molecule has 4 aromatic heterocycles. The molecule has 4 heterocycles. The fraction of sp³-hybridized carbons (Fsp3) is 0. The number of fused-ring (bicyclic) bond motifs is 1. The zero-order valence-corrected chi connectivity index (χ0v) is 31.6. The van der Waals surface area contributed by atoms with Gasteiger partial charge in [-0.05, 0) is 140 Å². The first kappa shape index (κ1) is 37.0. The summed E-state index contributed by atoms with van der Waals surface area (Å²) in [5, 5.41) is 0. The van der Waals surface area contributed by atoms with Crippen molar-refractivity contribution in [2.45, 2.75) is 0 Å². The van der Waals surface area contributed by atoms with Gasteiger partial charge in [0, 0.05) is 57.0 Å². The van der Waals surface area contributed by atoms with Crippen molar-refractivity contribution in [3.63, 3.8) is 0 Å². The molecule has 0 aliphatic heterocycles. The Bertz CT molecular complexity index is 2930. The molecule has 0 bridgehead atoms.